The third-order valence-corrected chi connectivity index (χ3v) is 6.33. The van der Waals surface area contributed by atoms with Crippen molar-refractivity contribution in [2.24, 2.45) is 0 Å². The first-order valence-electron chi connectivity index (χ1n) is 7.18. The van der Waals surface area contributed by atoms with E-state index in [4.69, 9.17) is 0 Å². The molecule has 1 aromatic heterocycles. The van der Waals surface area contributed by atoms with Gasteiger partial charge in [-0.15, -0.1) is 11.3 Å². The summed E-state index contributed by atoms with van der Waals surface area (Å²) in [6.45, 7) is 5.73. The van der Waals surface area contributed by atoms with Gasteiger partial charge in [0.1, 0.15) is 5.76 Å². The van der Waals surface area contributed by atoms with Crippen LogP contribution in [-0.4, -0.2) is 15.0 Å². The van der Waals surface area contributed by atoms with Crippen LogP contribution in [0.25, 0.3) is 10.4 Å². The third kappa shape index (κ3) is 2.73. The minimum Gasteiger partial charge on any atom is -0.510 e. The number of rotatable bonds is 3. The molecule has 1 aliphatic heterocycles. The molecule has 2 heterocycles. The summed E-state index contributed by atoms with van der Waals surface area (Å²) in [4.78, 5) is 14.3. The zero-order valence-corrected chi connectivity index (χ0v) is 14.5. The van der Waals surface area contributed by atoms with Crippen LogP contribution in [0.5, 0.6) is 0 Å². The highest BCUT2D eigenvalue weighted by atomic mass is 32.2. The summed E-state index contributed by atoms with van der Waals surface area (Å²) >= 11 is 3.01. The van der Waals surface area contributed by atoms with Crippen LogP contribution in [0, 0.1) is 6.92 Å². The fourth-order valence-corrected chi connectivity index (χ4v) is 4.73. The predicted molar refractivity (Wildman–Crippen MR) is 94.5 cm³/mol. The van der Waals surface area contributed by atoms with Crippen molar-refractivity contribution in [3.05, 3.63) is 58.2 Å². The molecule has 0 saturated heterocycles. The molecule has 0 aliphatic carbocycles. The lowest BCUT2D eigenvalue weighted by molar-refractivity contribution is -0.107. The van der Waals surface area contributed by atoms with E-state index >= 15 is 0 Å². The zero-order valence-electron chi connectivity index (χ0n) is 12.8. The summed E-state index contributed by atoms with van der Waals surface area (Å²) in [5.41, 5.74) is 2.82. The monoisotopic (exact) mass is 330 g/mol. The topological polar surface area (TPSA) is 37.3 Å². The molecule has 4 heteroatoms. The Balaban J connectivity index is 1.81. The number of thioether (sulfide) groups is 1. The molecule has 1 unspecified atom stereocenters. The fraction of sp³-hybridized carbons (Fsp3) is 0.278. The summed E-state index contributed by atoms with van der Waals surface area (Å²) in [5.74, 6) is 0.223. The van der Waals surface area contributed by atoms with Gasteiger partial charge < -0.3 is 5.11 Å². The van der Waals surface area contributed by atoms with Crippen LogP contribution in [0.15, 0.2) is 47.7 Å². The first kappa shape index (κ1) is 15.4. The Morgan fingerprint density at radius 3 is 2.27 bits per heavy atom. The molecule has 114 valence electrons. The second kappa shape index (κ2) is 5.60. The molecule has 0 saturated carbocycles. The number of aliphatic hydroxyl groups excluding tert-OH is 1. The molecular formula is C18H18O2S2. The van der Waals surface area contributed by atoms with Gasteiger partial charge in [0.25, 0.3) is 0 Å². The Kier molecular flexibility index (Phi) is 3.91. The lowest BCUT2D eigenvalue weighted by Crippen LogP contribution is -2.23. The van der Waals surface area contributed by atoms with Crippen LogP contribution in [-0.2, 0) is 11.2 Å². The molecule has 22 heavy (non-hydrogen) atoms. The smallest absolute Gasteiger partial charge is 0.219 e. The fourth-order valence-electron chi connectivity index (χ4n) is 2.71. The molecule has 1 N–H and O–H groups in total. The zero-order chi connectivity index (χ0) is 15.9. The van der Waals surface area contributed by atoms with Gasteiger partial charge in [0.2, 0.25) is 5.12 Å². The second-order valence-electron chi connectivity index (χ2n) is 5.88. The number of carbonyl (C=O) groups excluding carboxylic acids is 1. The number of aryl methyl sites for hydroxylation is 1. The minimum absolute atomic E-state index is 0.0225. The number of thiophene rings is 1. The maximum absolute atomic E-state index is 11.8. The Hall–Kier alpha value is -1.52. The Labute approximate surface area is 138 Å². The van der Waals surface area contributed by atoms with E-state index in [9.17, 15) is 9.90 Å². The van der Waals surface area contributed by atoms with Crippen molar-refractivity contribution in [2.45, 2.75) is 31.9 Å². The van der Waals surface area contributed by atoms with Crippen molar-refractivity contribution in [1.29, 1.82) is 0 Å². The summed E-state index contributed by atoms with van der Waals surface area (Å²) in [5, 5.41) is 10.2. The van der Waals surface area contributed by atoms with Gasteiger partial charge >= 0.3 is 0 Å². The van der Waals surface area contributed by atoms with Gasteiger partial charge in [-0.25, -0.2) is 0 Å². The maximum atomic E-state index is 11.8. The van der Waals surface area contributed by atoms with Crippen LogP contribution >= 0.6 is 23.1 Å². The highest BCUT2D eigenvalue weighted by molar-refractivity contribution is 8.15. The molecule has 2 nitrogen and oxygen atoms in total. The molecule has 0 radical (unpaired) electrons. The van der Waals surface area contributed by atoms with E-state index in [1.807, 2.05) is 6.92 Å². The van der Waals surface area contributed by atoms with Crippen molar-refractivity contribution in [3.63, 3.8) is 0 Å². The average Bonchev–Trinajstić information content (AvgIpc) is 2.99. The number of carbonyl (C=O) groups is 1. The molecular weight excluding hydrogens is 312 g/mol. The first-order chi connectivity index (χ1) is 10.4. The summed E-state index contributed by atoms with van der Waals surface area (Å²) in [7, 11) is 0. The molecule has 1 atom stereocenters. The molecule has 3 rings (SSSR count). The van der Waals surface area contributed by atoms with E-state index < -0.39 is 4.75 Å². The number of hydrogen-bond donors (Lipinski definition) is 1. The van der Waals surface area contributed by atoms with Gasteiger partial charge in [-0.2, -0.15) is 0 Å². The van der Waals surface area contributed by atoms with E-state index in [2.05, 4.69) is 43.3 Å². The van der Waals surface area contributed by atoms with E-state index in [1.165, 1.54) is 27.1 Å². The second-order valence-corrected chi connectivity index (χ2v) is 8.64. The van der Waals surface area contributed by atoms with Crippen molar-refractivity contribution in [3.8, 4) is 10.4 Å². The average molecular weight is 330 g/mol. The van der Waals surface area contributed by atoms with Gasteiger partial charge in [-0.05, 0) is 50.5 Å². The maximum Gasteiger partial charge on any atom is 0.219 e. The SMILES string of the molecule is CC1=C(O)C(C)(Cc2ccc(-c3ccc(C)s3)cc2)SC1=O. The largest absolute Gasteiger partial charge is 0.510 e. The van der Waals surface area contributed by atoms with Gasteiger partial charge in [-0.3, -0.25) is 4.79 Å². The molecule has 2 aromatic rings. The number of benzene rings is 1. The standard InChI is InChI=1S/C18H18O2S2/c1-11-4-9-15(21-11)14-7-5-13(6-8-14)10-18(3)16(19)12(2)17(20)22-18/h4-9,19H,10H2,1-3H3. The lowest BCUT2D eigenvalue weighted by Gasteiger charge is -2.22. The van der Waals surface area contributed by atoms with E-state index in [1.54, 1.807) is 18.3 Å². The summed E-state index contributed by atoms with van der Waals surface area (Å²) < 4.78 is -0.539. The Morgan fingerprint density at radius 2 is 1.77 bits per heavy atom. The van der Waals surface area contributed by atoms with E-state index in [0.29, 0.717) is 12.0 Å². The van der Waals surface area contributed by atoms with E-state index in [0.717, 1.165) is 5.56 Å². The predicted octanol–water partition coefficient (Wildman–Crippen LogP) is 5.13. The van der Waals surface area contributed by atoms with E-state index in [-0.39, 0.29) is 10.9 Å². The molecule has 0 fully saturated rings. The third-order valence-electron chi connectivity index (χ3n) is 4.00. The van der Waals surface area contributed by atoms with Crippen molar-refractivity contribution < 1.29 is 9.90 Å². The van der Waals surface area contributed by atoms with Crippen LogP contribution in [0.1, 0.15) is 24.3 Å². The van der Waals surface area contributed by atoms with Crippen LogP contribution in [0.4, 0.5) is 0 Å². The molecule has 0 amide bonds. The molecule has 1 aromatic carbocycles. The molecule has 0 spiro atoms. The lowest BCUT2D eigenvalue weighted by atomic mass is 9.95. The number of aliphatic hydroxyl groups is 1. The van der Waals surface area contributed by atoms with Gasteiger partial charge in [-0.1, -0.05) is 36.0 Å². The van der Waals surface area contributed by atoms with Gasteiger partial charge in [0.05, 0.1) is 4.75 Å². The van der Waals surface area contributed by atoms with Crippen LogP contribution in [0.2, 0.25) is 0 Å². The summed E-state index contributed by atoms with van der Waals surface area (Å²) in [6, 6.07) is 12.7. The normalized spacial score (nSPS) is 21.7. The van der Waals surface area contributed by atoms with Crippen molar-refractivity contribution in [1.82, 2.24) is 0 Å². The number of hydrogen-bond acceptors (Lipinski definition) is 4. The minimum atomic E-state index is -0.539. The summed E-state index contributed by atoms with van der Waals surface area (Å²) in [6.07, 6.45) is 0.649. The van der Waals surface area contributed by atoms with Crippen molar-refractivity contribution in [2.75, 3.05) is 0 Å². The molecule has 0 bridgehead atoms. The highest BCUT2D eigenvalue weighted by Gasteiger charge is 2.41. The van der Waals surface area contributed by atoms with Crippen LogP contribution < -0.4 is 0 Å². The highest BCUT2D eigenvalue weighted by Crippen LogP contribution is 2.44. The van der Waals surface area contributed by atoms with Gasteiger partial charge in [0, 0.05) is 15.3 Å². The molecule has 1 aliphatic rings. The quantitative estimate of drug-likeness (QED) is 0.847. The van der Waals surface area contributed by atoms with Gasteiger partial charge in [0.15, 0.2) is 0 Å². The van der Waals surface area contributed by atoms with Crippen molar-refractivity contribution >= 4 is 28.2 Å². The first-order valence-corrected chi connectivity index (χ1v) is 8.82. The Morgan fingerprint density at radius 1 is 1.09 bits per heavy atom. The Bertz CT molecular complexity index is 756. The van der Waals surface area contributed by atoms with Crippen LogP contribution in [0.3, 0.4) is 0 Å².